The zero-order chi connectivity index (χ0) is 17.0. The smallest absolute Gasteiger partial charge is 0.303 e. The number of carboxylic acids is 1. The minimum atomic E-state index is -0.863. The Morgan fingerprint density at radius 3 is 2.65 bits per heavy atom. The van der Waals surface area contributed by atoms with Gasteiger partial charge in [-0.3, -0.25) is 9.59 Å². The highest BCUT2D eigenvalue weighted by atomic mass is 35.5. The largest absolute Gasteiger partial charge is 0.481 e. The van der Waals surface area contributed by atoms with Crippen LogP contribution < -0.4 is 5.32 Å². The highest BCUT2D eigenvalue weighted by Crippen LogP contribution is 2.22. The summed E-state index contributed by atoms with van der Waals surface area (Å²) in [4.78, 5) is 22.7. The summed E-state index contributed by atoms with van der Waals surface area (Å²) in [6.07, 6.45) is 0.454. The molecule has 1 aromatic heterocycles. The molecule has 0 radical (unpaired) electrons. The SMILES string of the molecule is Cc1cc(C(=O)NCCCC(=O)O)c(C)n1-c1cccc(Cl)c1. The monoisotopic (exact) mass is 334 g/mol. The average Bonchev–Trinajstić information content (AvgIpc) is 2.78. The van der Waals surface area contributed by atoms with Crippen molar-refractivity contribution in [1.29, 1.82) is 0 Å². The Morgan fingerprint density at radius 1 is 1.26 bits per heavy atom. The summed E-state index contributed by atoms with van der Waals surface area (Å²) in [5.41, 5.74) is 3.23. The predicted octanol–water partition coefficient (Wildman–Crippen LogP) is 3.34. The maximum atomic E-state index is 12.3. The van der Waals surface area contributed by atoms with Gasteiger partial charge in [-0.05, 0) is 44.5 Å². The van der Waals surface area contributed by atoms with Crippen LogP contribution in [0.5, 0.6) is 0 Å². The summed E-state index contributed by atoms with van der Waals surface area (Å²) in [6.45, 7) is 4.14. The molecule has 1 aromatic carbocycles. The maximum Gasteiger partial charge on any atom is 0.303 e. The van der Waals surface area contributed by atoms with Gasteiger partial charge in [-0.25, -0.2) is 0 Å². The molecule has 1 heterocycles. The number of carboxylic acid groups (broad SMARTS) is 1. The highest BCUT2D eigenvalue weighted by molar-refractivity contribution is 6.30. The van der Waals surface area contributed by atoms with Crippen LogP contribution in [0.3, 0.4) is 0 Å². The molecule has 122 valence electrons. The normalized spacial score (nSPS) is 10.6. The van der Waals surface area contributed by atoms with Crippen molar-refractivity contribution < 1.29 is 14.7 Å². The van der Waals surface area contributed by atoms with Crippen molar-refractivity contribution in [3.63, 3.8) is 0 Å². The number of nitrogens with zero attached hydrogens (tertiary/aromatic N) is 1. The number of nitrogens with one attached hydrogen (secondary N) is 1. The number of benzene rings is 1. The van der Waals surface area contributed by atoms with E-state index < -0.39 is 5.97 Å². The molecule has 0 saturated carbocycles. The molecule has 2 aromatic rings. The van der Waals surface area contributed by atoms with E-state index in [1.807, 2.05) is 42.7 Å². The van der Waals surface area contributed by atoms with Gasteiger partial charge >= 0.3 is 5.97 Å². The quantitative estimate of drug-likeness (QED) is 0.796. The van der Waals surface area contributed by atoms with E-state index in [-0.39, 0.29) is 12.3 Å². The van der Waals surface area contributed by atoms with Crippen LogP contribution in [0.4, 0.5) is 0 Å². The summed E-state index contributed by atoms with van der Waals surface area (Å²) >= 11 is 6.04. The molecule has 23 heavy (non-hydrogen) atoms. The first kappa shape index (κ1) is 17.1. The van der Waals surface area contributed by atoms with Gasteiger partial charge in [0.1, 0.15) is 0 Å². The van der Waals surface area contributed by atoms with Crippen LogP contribution in [-0.4, -0.2) is 28.1 Å². The Kier molecular flexibility index (Phi) is 5.45. The standard InChI is InChI=1S/C17H19ClN2O3/c1-11-9-15(17(23)19-8-4-7-16(21)22)12(2)20(11)14-6-3-5-13(18)10-14/h3,5-6,9-10H,4,7-8H2,1-2H3,(H,19,23)(H,21,22). The first-order valence-corrected chi connectivity index (χ1v) is 7.73. The molecule has 0 aliphatic heterocycles. The van der Waals surface area contributed by atoms with Crippen LogP contribution in [0.2, 0.25) is 5.02 Å². The lowest BCUT2D eigenvalue weighted by atomic mass is 10.2. The van der Waals surface area contributed by atoms with Crippen molar-refractivity contribution in [3.8, 4) is 5.69 Å². The van der Waals surface area contributed by atoms with Crippen LogP contribution in [0.25, 0.3) is 5.69 Å². The lowest BCUT2D eigenvalue weighted by molar-refractivity contribution is -0.137. The third-order valence-corrected chi connectivity index (χ3v) is 3.83. The Morgan fingerprint density at radius 2 is 2.00 bits per heavy atom. The number of aromatic nitrogens is 1. The molecule has 1 amide bonds. The Labute approximate surface area is 139 Å². The van der Waals surface area contributed by atoms with Crippen LogP contribution in [-0.2, 0) is 4.79 Å². The summed E-state index contributed by atoms with van der Waals surface area (Å²) in [5, 5.41) is 12.0. The second kappa shape index (κ2) is 7.33. The van der Waals surface area contributed by atoms with Gasteiger partial charge in [-0.15, -0.1) is 0 Å². The van der Waals surface area contributed by atoms with Crippen molar-refractivity contribution in [2.24, 2.45) is 0 Å². The van der Waals surface area contributed by atoms with E-state index in [1.165, 1.54) is 0 Å². The number of amides is 1. The minimum Gasteiger partial charge on any atom is -0.481 e. The number of rotatable bonds is 6. The summed E-state index contributed by atoms with van der Waals surface area (Å²) < 4.78 is 1.97. The van der Waals surface area contributed by atoms with E-state index in [4.69, 9.17) is 16.7 Å². The zero-order valence-corrected chi connectivity index (χ0v) is 13.9. The minimum absolute atomic E-state index is 0.0435. The fourth-order valence-electron chi connectivity index (χ4n) is 2.54. The molecule has 2 rings (SSSR count). The molecule has 6 heteroatoms. The lowest BCUT2D eigenvalue weighted by Gasteiger charge is -2.10. The number of halogens is 1. The molecular weight excluding hydrogens is 316 g/mol. The third kappa shape index (κ3) is 4.13. The van der Waals surface area contributed by atoms with E-state index in [0.29, 0.717) is 23.6 Å². The summed E-state index contributed by atoms with van der Waals surface area (Å²) in [6, 6.07) is 9.26. The first-order valence-electron chi connectivity index (χ1n) is 7.35. The van der Waals surface area contributed by atoms with E-state index >= 15 is 0 Å². The third-order valence-electron chi connectivity index (χ3n) is 3.60. The van der Waals surface area contributed by atoms with E-state index in [9.17, 15) is 9.59 Å². The van der Waals surface area contributed by atoms with Crippen LogP contribution >= 0.6 is 11.6 Å². The maximum absolute atomic E-state index is 12.3. The van der Waals surface area contributed by atoms with Crippen LogP contribution in [0, 0.1) is 13.8 Å². The fraction of sp³-hybridized carbons (Fsp3) is 0.294. The summed E-state index contributed by atoms with van der Waals surface area (Å²) in [5.74, 6) is -1.06. The predicted molar refractivity (Wildman–Crippen MR) is 89.5 cm³/mol. The number of carbonyl (C=O) groups is 2. The van der Waals surface area contributed by atoms with Crippen molar-refractivity contribution in [3.05, 3.63) is 52.3 Å². The molecule has 2 N–H and O–H groups in total. The van der Waals surface area contributed by atoms with Crippen molar-refractivity contribution in [2.45, 2.75) is 26.7 Å². The molecule has 0 spiro atoms. The number of aryl methyl sites for hydroxylation is 1. The van der Waals surface area contributed by atoms with Crippen LogP contribution in [0.1, 0.15) is 34.6 Å². The van der Waals surface area contributed by atoms with E-state index in [1.54, 1.807) is 6.07 Å². The van der Waals surface area contributed by atoms with Crippen LogP contribution in [0.15, 0.2) is 30.3 Å². The second-order valence-electron chi connectivity index (χ2n) is 5.35. The van der Waals surface area contributed by atoms with Crippen molar-refractivity contribution in [1.82, 2.24) is 9.88 Å². The van der Waals surface area contributed by atoms with Gasteiger partial charge in [0.05, 0.1) is 5.56 Å². The molecule has 0 unspecified atom stereocenters. The topological polar surface area (TPSA) is 71.3 Å². The molecule has 0 aliphatic rings. The molecule has 0 saturated heterocycles. The van der Waals surface area contributed by atoms with E-state index in [2.05, 4.69) is 5.32 Å². The zero-order valence-electron chi connectivity index (χ0n) is 13.1. The van der Waals surface area contributed by atoms with Gasteiger partial charge in [-0.2, -0.15) is 0 Å². The number of hydrogen-bond donors (Lipinski definition) is 2. The Hall–Kier alpha value is -2.27. The molecule has 5 nitrogen and oxygen atoms in total. The fourth-order valence-corrected chi connectivity index (χ4v) is 2.73. The Bertz CT molecular complexity index is 737. The number of carbonyl (C=O) groups excluding carboxylic acids is 1. The molecule has 0 aliphatic carbocycles. The molecule has 0 fully saturated rings. The van der Waals surface area contributed by atoms with Gasteiger partial charge in [0.15, 0.2) is 0 Å². The van der Waals surface area contributed by atoms with Gasteiger partial charge < -0.3 is 15.0 Å². The summed E-state index contributed by atoms with van der Waals surface area (Å²) in [7, 11) is 0. The van der Waals surface area contributed by atoms with Crippen molar-refractivity contribution >= 4 is 23.5 Å². The number of hydrogen-bond acceptors (Lipinski definition) is 2. The Balaban J connectivity index is 2.17. The first-order chi connectivity index (χ1) is 10.9. The average molecular weight is 335 g/mol. The van der Waals surface area contributed by atoms with Crippen molar-refractivity contribution in [2.75, 3.05) is 6.54 Å². The van der Waals surface area contributed by atoms with Gasteiger partial charge in [0.2, 0.25) is 0 Å². The van der Waals surface area contributed by atoms with Gasteiger partial charge in [-0.1, -0.05) is 17.7 Å². The van der Waals surface area contributed by atoms with Gasteiger partial charge in [0.25, 0.3) is 5.91 Å². The molecule has 0 bridgehead atoms. The van der Waals surface area contributed by atoms with E-state index in [0.717, 1.165) is 17.1 Å². The molecular formula is C17H19ClN2O3. The molecule has 0 atom stereocenters. The number of aliphatic carboxylic acids is 1. The highest BCUT2D eigenvalue weighted by Gasteiger charge is 2.16. The second-order valence-corrected chi connectivity index (χ2v) is 5.79. The lowest BCUT2D eigenvalue weighted by Crippen LogP contribution is -2.25. The van der Waals surface area contributed by atoms with Gasteiger partial charge in [0, 0.05) is 35.1 Å².